The zero-order valence-electron chi connectivity index (χ0n) is 21.6. The zero-order chi connectivity index (χ0) is 25.8. The van der Waals surface area contributed by atoms with Crippen LogP contribution in [0.15, 0.2) is 21.9 Å². The fraction of sp³-hybridized carbons (Fsp3) is 0.769. The van der Waals surface area contributed by atoms with E-state index in [-0.39, 0.29) is 11.8 Å². The van der Waals surface area contributed by atoms with E-state index >= 15 is 0 Å². The predicted octanol–water partition coefficient (Wildman–Crippen LogP) is 7.89. The van der Waals surface area contributed by atoms with E-state index in [9.17, 15) is 25.9 Å². The summed E-state index contributed by atoms with van der Waals surface area (Å²) in [5, 5.41) is 0. The lowest BCUT2D eigenvalue weighted by Crippen LogP contribution is -2.18. The van der Waals surface area contributed by atoms with Crippen molar-refractivity contribution in [1.29, 1.82) is 0 Å². The first-order chi connectivity index (χ1) is 16.0. The first-order valence-corrected chi connectivity index (χ1v) is 16.0. The van der Waals surface area contributed by atoms with Crippen LogP contribution in [0.5, 0.6) is 0 Å². The lowest BCUT2D eigenvalue weighted by molar-refractivity contribution is 0.452. The van der Waals surface area contributed by atoms with Crippen LogP contribution in [0.2, 0.25) is 0 Å². The molecular formula is C26H46O6S2. The van der Waals surface area contributed by atoms with E-state index in [1.807, 2.05) is 6.92 Å². The van der Waals surface area contributed by atoms with Crippen LogP contribution in [0.4, 0.5) is 0 Å². The normalized spacial score (nSPS) is 14.3. The molecule has 34 heavy (non-hydrogen) atoms. The summed E-state index contributed by atoms with van der Waals surface area (Å²) >= 11 is 0. The van der Waals surface area contributed by atoms with Crippen LogP contribution < -0.4 is 0 Å². The molecule has 0 bridgehead atoms. The predicted molar refractivity (Wildman–Crippen MR) is 139 cm³/mol. The van der Waals surface area contributed by atoms with E-state index in [2.05, 4.69) is 20.8 Å². The summed E-state index contributed by atoms with van der Waals surface area (Å²) in [5.74, 6) is -0.131. The summed E-state index contributed by atoms with van der Waals surface area (Å²) in [4.78, 5) is -1.33. The minimum absolute atomic E-state index is 0.0720. The van der Waals surface area contributed by atoms with Gasteiger partial charge >= 0.3 is 0 Å². The van der Waals surface area contributed by atoms with Crippen molar-refractivity contribution in [2.45, 2.75) is 139 Å². The molecule has 2 unspecified atom stereocenters. The highest BCUT2D eigenvalue weighted by atomic mass is 32.2. The molecule has 2 atom stereocenters. The topological polar surface area (TPSA) is 109 Å². The highest BCUT2D eigenvalue weighted by Crippen LogP contribution is 2.43. The minimum Gasteiger partial charge on any atom is -0.282 e. The van der Waals surface area contributed by atoms with Crippen LogP contribution in [0.25, 0.3) is 0 Å². The molecule has 1 aromatic carbocycles. The Morgan fingerprint density at radius 3 is 1.56 bits per heavy atom. The fourth-order valence-electron chi connectivity index (χ4n) is 5.06. The molecule has 0 spiro atoms. The van der Waals surface area contributed by atoms with Crippen molar-refractivity contribution in [2.75, 3.05) is 0 Å². The van der Waals surface area contributed by atoms with Gasteiger partial charge in [-0.25, -0.2) is 0 Å². The SMILES string of the molecule is CCCCCCC(CCC)c1ccc(S(=O)(=O)O)c(S(=O)(=O)O)c1C(CCC)CCCCCC. The average Bonchev–Trinajstić information content (AvgIpc) is 2.76. The maximum atomic E-state index is 12.6. The molecule has 0 aliphatic rings. The highest BCUT2D eigenvalue weighted by molar-refractivity contribution is 7.89. The first-order valence-electron chi connectivity index (χ1n) is 13.1. The van der Waals surface area contributed by atoms with Crippen LogP contribution in [-0.4, -0.2) is 25.9 Å². The van der Waals surface area contributed by atoms with Gasteiger partial charge in [0.2, 0.25) is 0 Å². The summed E-state index contributed by atoms with van der Waals surface area (Å²) in [7, 11) is -9.72. The Kier molecular flexibility index (Phi) is 13.9. The van der Waals surface area contributed by atoms with Crippen LogP contribution in [0, 0.1) is 0 Å². The number of benzene rings is 1. The quantitative estimate of drug-likeness (QED) is 0.151. The minimum atomic E-state index is -4.89. The summed E-state index contributed by atoms with van der Waals surface area (Å²) in [6.07, 6.45) is 13.3. The smallest absolute Gasteiger partial charge is 0.282 e. The Morgan fingerprint density at radius 2 is 1.12 bits per heavy atom. The van der Waals surface area contributed by atoms with Gasteiger partial charge in [0.05, 0.1) is 0 Å². The second-order valence-corrected chi connectivity index (χ2v) is 12.3. The van der Waals surface area contributed by atoms with Crippen molar-refractivity contribution in [1.82, 2.24) is 0 Å². The summed E-state index contributed by atoms with van der Waals surface area (Å²) in [6, 6.07) is 2.84. The van der Waals surface area contributed by atoms with Gasteiger partial charge in [-0.15, -0.1) is 0 Å². The molecule has 198 valence electrons. The number of rotatable bonds is 18. The van der Waals surface area contributed by atoms with Crippen LogP contribution >= 0.6 is 0 Å². The molecule has 0 fully saturated rings. The van der Waals surface area contributed by atoms with Gasteiger partial charge in [-0.1, -0.05) is 98.0 Å². The maximum absolute atomic E-state index is 12.6. The second-order valence-electron chi connectivity index (χ2n) is 9.52. The average molecular weight is 519 g/mol. The third-order valence-electron chi connectivity index (χ3n) is 6.66. The molecule has 0 radical (unpaired) electrons. The van der Waals surface area contributed by atoms with Gasteiger partial charge in [-0.2, -0.15) is 16.8 Å². The van der Waals surface area contributed by atoms with E-state index in [0.717, 1.165) is 88.7 Å². The monoisotopic (exact) mass is 518 g/mol. The molecule has 0 amide bonds. The Bertz CT molecular complexity index is 938. The van der Waals surface area contributed by atoms with Crippen molar-refractivity contribution < 1.29 is 25.9 Å². The van der Waals surface area contributed by atoms with Gasteiger partial charge in [0, 0.05) is 0 Å². The summed E-state index contributed by atoms with van der Waals surface area (Å²) in [6.45, 7) is 8.39. The molecule has 0 aromatic heterocycles. The molecule has 0 aliphatic heterocycles. The first kappa shape index (κ1) is 31.1. The molecule has 0 saturated carbocycles. The third-order valence-corrected chi connectivity index (χ3v) is 8.65. The van der Waals surface area contributed by atoms with Gasteiger partial charge in [0.25, 0.3) is 20.2 Å². The molecule has 0 aliphatic carbocycles. The molecule has 2 N–H and O–H groups in total. The molecule has 1 rings (SSSR count). The van der Waals surface area contributed by atoms with Crippen molar-refractivity contribution >= 4 is 20.2 Å². The molecule has 6 nitrogen and oxygen atoms in total. The highest BCUT2D eigenvalue weighted by Gasteiger charge is 2.34. The Morgan fingerprint density at radius 1 is 0.618 bits per heavy atom. The zero-order valence-corrected chi connectivity index (χ0v) is 23.2. The van der Waals surface area contributed by atoms with E-state index in [4.69, 9.17) is 0 Å². The number of hydrogen-bond acceptors (Lipinski definition) is 4. The van der Waals surface area contributed by atoms with Crippen molar-refractivity contribution in [2.24, 2.45) is 0 Å². The summed E-state index contributed by atoms with van der Waals surface area (Å²) in [5.41, 5.74) is 1.22. The summed E-state index contributed by atoms with van der Waals surface area (Å²) < 4.78 is 69.6. The van der Waals surface area contributed by atoms with E-state index in [1.165, 1.54) is 0 Å². The molecule has 0 heterocycles. The molecule has 0 saturated heterocycles. The van der Waals surface area contributed by atoms with Gasteiger partial charge in [-0.3, -0.25) is 9.11 Å². The van der Waals surface area contributed by atoms with Gasteiger partial charge in [0.1, 0.15) is 9.79 Å². The van der Waals surface area contributed by atoms with E-state index in [0.29, 0.717) is 18.4 Å². The number of unbranched alkanes of at least 4 members (excludes halogenated alkanes) is 6. The third kappa shape index (κ3) is 9.59. The second kappa shape index (κ2) is 15.2. The Balaban J connectivity index is 3.77. The van der Waals surface area contributed by atoms with Crippen LogP contribution in [0.1, 0.15) is 141 Å². The molecular weight excluding hydrogens is 472 g/mol. The largest absolute Gasteiger partial charge is 0.296 e. The lowest BCUT2D eigenvalue weighted by atomic mass is 9.79. The van der Waals surface area contributed by atoms with Crippen molar-refractivity contribution in [3.63, 3.8) is 0 Å². The number of hydrogen-bond donors (Lipinski definition) is 2. The van der Waals surface area contributed by atoms with E-state index in [1.54, 1.807) is 6.07 Å². The van der Waals surface area contributed by atoms with Crippen LogP contribution in [0.3, 0.4) is 0 Å². The fourth-order valence-corrected chi connectivity index (χ4v) is 7.16. The van der Waals surface area contributed by atoms with Crippen molar-refractivity contribution in [3.8, 4) is 0 Å². The van der Waals surface area contributed by atoms with Crippen molar-refractivity contribution in [3.05, 3.63) is 23.3 Å². The maximum Gasteiger partial charge on any atom is 0.296 e. The van der Waals surface area contributed by atoms with E-state index < -0.39 is 30.0 Å². The standard InChI is InChI=1S/C26H46O6S2/c1-5-9-11-13-17-21(15-7-3)23-19-20-24(33(27,28)29)26(34(30,31)32)25(23)22(16-8-4)18-14-12-10-6-2/h19-22H,5-18H2,1-4H3,(H,27,28,29)(H,30,31,32). The Hall–Kier alpha value is -0.960. The molecule has 8 heteroatoms. The van der Waals surface area contributed by atoms with Gasteiger partial charge in [-0.05, 0) is 54.7 Å². The molecule has 1 aromatic rings. The van der Waals surface area contributed by atoms with Crippen LogP contribution in [-0.2, 0) is 20.2 Å². The van der Waals surface area contributed by atoms with Gasteiger partial charge < -0.3 is 0 Å². The lowest BCUT2D eigenvalue weighted by Gasteiger charge is -2.28. The Labute approximate surface area is 208 Å². The van der Waals surface area contributed by atoms with Gasteiger partial charge in [0.15, 0.2) is 0 Å².